The van der Waals surface area contributed by atoms with Crippen molar-refractivity contribution in [1.82, 2.24) is 9.47 Å². The van der Waals surface area contributed by atoms with Crippen molar-refractivity contribution >= 4 is 17.5 Å². The highest BCUT2D eigenvalue weighted by Gasteiger charge is 2.37. The van der Waals surface area contributed by atoms with Crippen LogP contribution in [-0.4, -0.2) is 41.5 Å². The fraction of sp³-hybridized carbons (Fsp3) is 0.269. The number of carbonyl (C=O) groups is 2. The molecular weight excluding hydrogens is 418 g/mol. The number of likely N-dealkylation sites (tertiary alicyclic amines) is 1. The molecule has 2 amide bonds. The van der Waals surface area contributed by atoms with Crippen molar-refractivity contribution < 1.29 is 14.3 Å². The maximum atomic E-state index is 13.2. The number of methoxy groups -OCH3 is 1. The minimum Gasteiger partial charge on any atom is -0.497 e. The Hall–Kier alpha value is -3.87. The molecule has 2 aliphatic rings. The van der Waals surface area contributed by atoms with Gasteiger partial charge in [0.05, 0.1) is 7.11 Å². The first-order valence-corrected chi connectivity index (χ1v) is 11.1. The zero-order valence-corrected chi connectivity index (χ0v) is 18.4. The summed E-state index contributed by atoms with van der Waals surface area (Å²) in [5.74, 6) is 0.684. The van der Waals surface area contributed by atoms with Gasteiger partial charge in [0.2, 0.25) is 0 Å². The van der Waals surface area contributed by atoms with Crippen LogP contribution in [0.5, 0.6) is 5.75 Å². The van der Waals surface area contributed by atoms with E-state index in [1.54, 1.807) is 66.3 Å². The van der Waals surface area contributed by atoms with E-state index in [0.717, 1.165) is 12.1 Å². The number of amides is 2. The molecule has 2 atom stereocenters. The molecule has 1 fully saturated rings. The Bertz CT molecular complexity index is 1250. The first kappa shape index (κ1) is 21.0. The summed E-state index contributed by atoms with van der Waals surface area (Å²) in [7, 11) is 1.60. The van der Waals surface area contributed by atoms with E-state index < -0.39 is 0 Å². The maximum Gasteiger partial charge on any atom is 0.274 e. The number of aromatic nitrogens is 1. The quantitative estimate of drug-likeness (QED) is 0.671. The SMILES string of the molecule is COc1ccc(C(=O)N2C[C@@H]3C[C@H](C2)c2ccc(NC(=O)c4ccccc4)c(=O)n2C3)cc1. The molecule has 0 radical (unpaired) electrons. The Morgan fingerprint density at radius 1 is 0.909 bits per heavy atom. The van der Waals surface area contributed by atoms with Crippen LogP contribution in [0.15, 0.2) is 71.5 Å². The molecule has 2 bridgehead atoms. The van der Waals surface area contributed by atoms with E-state index >= 15 is 0 Å². The summed E-state index contributed by atoms with van der Waals surface area (Å²) in [6, 6.07) is 19.6. The number of ether oxygens (including phenoxy) is 1. The number of carbonyl (C=O) groups excluding carboxylic acids is 2. The van der Waals surface area contributed by atoms with Crippen molar-refractivity contribution in [3.05, 3.63) is 93.9 Å². The van der Waals surface area contributed by atoms with Gasteiger partial charge in [-0.05, 0) is 60.9 Å². The van der Waals surface area contributed by atoms with Crippen LogP contribution >= 0.6 is 0 Å². The van der Waals surface area contributed by atoms with Crippen LogP contribution in [0.3, 0.4) is 0 Å². The van der Waals surface area contributed by atoms with Gasteiger partial charge in [0.15, 0.2) is 0 Å². The predicted molar refractivity (Wildman–Crippen MR) is 125 cm³/mol. The van der Waals surface area contributed by atoms with Crippen molar-refractivity contribution in [1.29, 1.82) is 0 Å². The van der Waals surface area contributed by atoms with E-state index in [9.17, 15) is 14.4 Å². The second-order valence-corrected chi connectivity index (χ2v) is 8.65. The fourth-order valence-corrected chi connectivity index (χ4v) is 4.91. The molecule has 5 rings (SSSR count). The van der Waals surface area contributed by atoms with Gasteiger partial charge in [0.1, 0.15) is 11.4 Å². The molecule has 1 aromatic heterocycles. The Morgan fingerprint density at radius 2 is 1.67 bits per heavy atom. The third-order valence-electron chi connectivity index (χ3n) is 6.51. The van der Waals surface area contributed by atoms with Crippen LogP contribution in [0.1, 0.15) is 38.7 Å². The molecule has 2 aliphatic heterocycles. The number of nitrogens with zero attached hydrogens (tertiary/aromatic N) is 2. The van der Waals surface area contributed by atoms with Gasteiger partial charge in [-0.2, -0.15) is 0 Å². The Kier molecular flexibility index (Phi) is 5.46. The lowest BCUT2D eigenvalue weighted by Gasteiger charge is -2.43. The van der Waals surface area contributed by atoms with Gasteiger partial charge in [0.25, 0.3) is 17.4 Å². The van der Waals surface area contributed by atoms with E-state index in [0.29, 0.717) is 36.5 Å². The molecule has 168 valence electrons. The van der Waals surface area contributed by atoms with Crippen molar-refractivity contribution in [2.75, 3.05) is 25.5 Å². The molecule has 1 saturated heterocycles. The number of pyridine rings is 1. The van der Waals surface area contributed by atoms with E-state index in [1.165, 1.54) is 0 Å². The van der Waals surface area contributed by atoms with Crippen LogP contribution in [0.25, 0.3) is 0 Å². The first-order chi connectivity index (χ1) is 16.0. The van der Waals surface area contributed by atoms with Crippen molar-refractivity contribution in [2.24, 2.45) is 5.92 Å². The number of hydrogen-bond donors (Lipinski definition) is 1. The zero-order chi connectivity index (χ0) is 22.9. The van der Waals surface area contributed by atoms with E-state index in [-0.39, 0.29) is 34.9 Å². The molecular formula is C26H25N3O4. The molecule has 3 heterocycles. The second-order valence-electron chi connectivity index (χ2n) is 8.65. The Labute approximate surface area is 191 Å². The van der Waals surface area contributed by atoms with Crippen LogP contribution < -0.4 is 15.6 Å². The maximum absolute atomic E-state index is 13.2. The first-order valence-electron chi connectivity index (χ1n) is 11.1. The third kappa shape index (κ3) is 4.02. The standard InChI is InChI=1S/C26H25N3O4/c1-33-21-9-7-19(8-10-21)25(31)28-14-17-13-20(16-28)23-12-11-22(26(32)29(23)15-17)27-24(30)18-5-3-2-4-6-18/h2-12,17,20H,13-16H2,1H3,(H,27,30)/t17-,20+/m0/s1. The number of benzene rings is 2. The fourth-order valence-electron chi connectivity index (χ4n) is 4.91. The smallest absolute Gasteiger partial charge is 0.274 e. The highest BCUT2D eigenvalue weighted by molar-refractivity contribution is 6.04. The number of hydrogen-bond acceptors (Lipinski definition) is 4. The van der Waals surface area contributed by atoms with Crippen LogP contribution in [0.2, 0.25) is 0 Å². The molecule has 33 heavy (non-hydrogen) atoms. The van der Waals surface area contributed by atoms with Gasteiger partial charge in [-0.1, -0.05) is 18.2 Å². The van der Waals surface area contributed by atoms with Gasteiger partial charge in [-0.15, -0.1) is 0 Å². The van der Waals surface area contributed by atoms with Crippen molar-refractivity contribution in [3.63, 3.8) is 0 Å². The van der Waals surface area contributed by atoms with E-state index in [2.05, 4.69) is 5.32 Å². The molecule has 7 heteroatoms. The number of nitrogens with one attached hydrogen (secondary N) is 1. The van der Waals surface area contributed by atoms with Crippen molar-refractivity contribution in [2.45, 2.75) is 18.9 Å². The summed E-state index contributed by atoms with van der Waals surface area (Å²) in [6.07, 6.45) is 0.946. The monoisotopic (exact) mass is 443 g/mol. The molecule has 1 N–H and O–H groups in total. The van der Waals surface area contributed by atoms with E-state index in [1.807, 2.05) is 17.0 Å². The molecule has 7 nitrogen and oxygen atoms in total. The zero-order valence-electron chi connectivity index (χ0n) is 18.4. The summed E-state index contributed by atoms with van der Waals surface area (Å²) < 4.78 is 6.95. The summed E-state index contributed by atoms with van der Waals surface area (Å²) in [4.78, 5) is 40.7. The molecule has 3 aromatic rings. The van der Waals surface area contributed by atoms with Crippen LogP contribution in [-0.2, 0) is 6.54 Å². The number of rotatable bonds is 4. The average molecular weight is 444 g/mol. The van der Waals surface area contributed by atoms with Crippen molar-refractivity contribution in [3.8, 4) is 5.75 Å². The summed E-state index contributed by atoms with van der Waals surface area (Å²) in [6.45, 7) is 1.70. The highest BCUT2D eigenvalue weighted by atomic mass is 16.5. The van der Waals surface area contributed by atoms with Gasteiger partial charge in [0, 0.05) is 42.4 Å². The lowest BCUT2D eigenvalue weighted by Crippen LogP contribution is -2.49. The highest BCUT2D eigenvalue weighted by Crippen LogP contribution is 2.36. The largest absolute Gasteiger partial charge is 0.497 e. The van der Waals surface area contributed by atoms with Crippen LogP contribution in [0, 0.1) is 5.92 Å². The molecule has 0 spiro atoms. The molecule has 2 aromatic carbocycles. The van der Waals surface area contributed by atoms with Gasteiger partial charge >= 0.3 is 0 Å². The van der Waals surface area contributed by atoms with Gasteiger partial charge in [-0.25, -0.2) is 0 Å². The van der Waals surface area contributed by atoms with Gasteiger partial charge < -0.3 is 19.5 Å². The molecule has 0 unspecified atom stereocenters. The lowest BCUT2D eigenvalue weighted by molar-refractivity contribution is 0.0594. The molecule has 0 saturated carbocycles. The Morgan fingerprint density at radius 3 is 2.39 bits per heavy atom. The van der Waals surface area contributed by atoms with Gasteiger partial charge in [-0.3, -0.25) is 14.4 Å². The number of anilines is 1. The summed E-state index contributed by atoms with van der Waals surface area (Å²) in [5.41, 5.74) is 2.14. The lowest BCUT2D eigenvalue weighted by atomic mass is 9.83. The van der Waals surface area contributed by atoms with E-state index in [4.69, 9.17) is 4.74 Å². The minimum atomic E-state index is -0.305. The minimum absolute atomic E-state index is 0.00473. The predicted octanol–water partition coefficient (Wildman–Crippen LogP) is 3.37. The second kappa shape index (κ2) is 8.58. The third-order valence-corrected chi connectivity index (χ3v) is 6.51. The normalized spacial score (nSPS) is 18.9. The average Bonchev–Trinajstić information content (AvgIpc) is 2.86. The number of fused-ring (bicyclic) bond motifs is 4. The summed E-state index contributed by atoms with van der Waals surface area (Å²) in [5, 5.41) is 2.75. The Balaban J connectivity index is 1.36. The summed E-state index contributed by atoms with van der Waals surface area (Å²) >= 11 is 0. The molecule has 0 aliphatic carbocycles. The number of piperidine rings is 1. The van der Waals surface area contributed by atoms with Crippen LogP contribution in [0.4, 0.5) is 5.69 Å². The topological polar surface area (TPSA) is 80.6 Å².